The van der Waals surface area contributed by atoms with Crippen LogP contribution in [0.4, 0.5) is 11.6 Å². The monoisotopic (exact) mass is 294 g/mol. The molecule has 22 heavy (non-hydrogen) atoms. The Hall–Kier alpha value is -2.66. The molecule has 0 amide bonds. The smallest absolute Gasteiger partial charge is 0.226 e. The summed E-state index contributed by atoms with van der Waals surface area (Å²) in [5.74, 6) is 1.44. The summed E-state index contributed by atoms with van der Waals surface area (Å²) >= 11 is 0. The highest BCUT2D eigenvalue weighted by Gasteiger charge is 2.08. The summed E-state index contributed by atoms with van der Waals surface area (Å²) < 4.78 is 1.84. The van der Waals surface area contributed by atoms with Gasteiger partial charge in [0, 0.05) is 5.69 Å². The average molecular weight is 294 g/mol. The Morgan fingerprint density at radius 2 is 1.68 bits per heavy atom. The van der Waals surface area contributed by atoms with E-state index in [9.17, 15) is 0 Å². The number of benzene rings is 2. The number of aryl methyl sites for hydroxylation is 1. The van der Waals surface area contributed by atoms with Gasteiger partial charge in [-0.05, 0) is 30.2 Å². The normalized spacial score (nSPS) is 10.6. The summed E-state index contributed by atoms with van der Waals surface area (Å²) in [4.78, 5) is 4.44. The first-order valence-electron chi connectivity index (χ1n) is 7.17. The molecule has 112 valence electrons. The second-order valence-corrected chi connectivity index (χ2v) is 5.11. The van der Waals surface area contributed by atoms with Crippen LogP contribution >= 0.6 is 0 Å². The van der Waals surface area contributed by atoms with Gasteiger partial charge in [-0.25, -0.2) is 4.68 Å². The first-order valence-corrected chi connectivity index (χ1v) is 7.17. The van der Waals surface area contributed by atoms with E-state index < -0.39 is 0 Å². The molecular weight excluding hydrogens is 276 g/mol. The molecule has 5 nitrogen and oxygen atoms in total. The van der Waals surface area contributed by atoms with Gasteiger partial charge in [-0.1, -0.05) is 42.5 Å². The molecule has 3 rings (SSSR count). The van der Waals surface area contributed by atoms with E-state index in [-0.39, 0.29) is 6.61 Å². The standard InChI is InChI=1S/C17H18N4O/c1-13-18-17(19-16-5-3-2-4-6-16)21(20-13)11-14-7-9-15(12-22)10-8-14/h2-10,22H,11-12H2,1H3,(H,18,19,20). The number of aromatic nitrogens is 3. The number of aliphatic hydroxyl groups is 1. The van der Waals surface area contributed by atoms with Gasteiger partial charge in [-0.2, -0.15) is 10.1 Å². The van der Waals surface area contributed by atoms with Crippen molar-refractivity contribution in [2.24, 2.45) is 0 Å². The van der Waals surface area contributed by atoms with E-state index >= 15 is 0 Å². The molecule has 0 bridgehead atoms. The number of nitrogens with zero attached hydrogens (tertiary/aromatic N) is 3. The Bertz CT molecular complexity index is 735. The van der Waals surface area contributed by atoms with E-state index in [4.69, 9.17) is 5.11 Å². The number of rotatable bonds is 5. The van der Waals surface area contributed by atoms with Crippen molar-refractivity contribution in [3.05, 3.63) is 71.5 Å². The third-order valence-electron chi connectivity index (χ3n) is 3.35. The fraction of sp³-hybridized carbons (Fsp3) is 0.176. The van der Waals surface area contributed by atoms with Gasteiger partial charge in [0.1, 0.15) is 5.82 Å². The summed E-state index contributed by atoms with van der Waals surface area (Å²) in [6, 6.07) is 17.7. The number of hydrogen-bond donors (Lipinski definition) is 2. The summed E-state index contributed by atoms with van der Waals surface area (Å²) in [5, 5.41) is 16.8. The van der Waals surface area contributed by atoms with Crippen molar-refractivity contribution < 1.29 is 5.11 Å². The number of aliphatic hydroxyl groups excluding tert-OH is 1. The SMILES string of the molecule is Cc1nc(Nc2ccccc2)n(Cc2ccc(CO)cc2)n1. The fourth-order valence-corrected chi connectivity index (χ4v) is 2.23. The molecule has 0 unspecified atom stereocenters. The maximum absolute atomic E-state index is 9.09. The van der Waals surface area contributed by atoms with Crippen molar-refractivity contribution in [1.29, 1.82) is 0 Å². The van der Waals surface area contributed by atoms with Crippen LogP contribution < -0.4 is 5.32 Å². The van der Waals surface area contributed by atoms with Gasteiger partial charge >= 0.3 is 0 Å². The Morgan fingerprint density at radius 3 is 2.36 bits per heavy atom. The molecule has 2 aromatic carbocycles. The van der Waals surface area contributed by atoms with Gasteiger partial charge < -0.3 is 10.4 Å². The van der Waals surface area contributed by atoms with Gasteiger partial charge in [0.2, 0.25) is 5.95 Å². The van der Waals surface area contributed by atoms with Gasteiger partial charge in [0.05, 0.1) is 13.2 Å². The predicted octanol–water partition coefficient (Wildman–Crippen LogP) is 2.87. The first-order chi connectivity index (χ1) is 10.7. The Morgan fingerprint density at radius 1 is 1.00 bits per heavy atom. The molecule has 0 atom stereocenters. The zero-order valence-electron chi connectivity index (χ0n) is 12.4. The summed E-state index contributed by atoms with van der Waals surface area (Å²) in [7, 11) is 0. The number of nitrogens with one attached hydrogen (secondary N) is 1. The van der Waals surface area contributed by atoms with Crippen molar-refractivity contribution in [3.8, 4) is 0 Å². The van der Waals surface area contributed by atoms with Crippen LogP contribution in [0.15, 0.2) is 54.6 Å². The number of hydrogen-bond acceptors (Lipinski definition) is 4. The zero-order valence-corrected chi connectivity index (χ0v) is 12.4. The lowest BCUT2D eigenvalue weighted by Crippen LogP contribution is -2.07. The van der Waals surface area contributed by atoms with E-state index in [2.05, 4.69) is 15.4 Å². The lowest BCUT2D eigenvalue weighted by molar-refractivity contribution is 0.282. The quantitative estimate of drug-likeness (QED) is 0.759. The lowest BCUT2D eigenvalue weighted by atomic mass is 10.1. The van der Waals surface area contributed by atoms with Crippen LogP contribution in [0.1, 0.15) is 17.0 Å². The Kier molecular flexibility index (Phi) is 4.16. The summed E-state index contributed by atoms with van der Waals surface area (Å²) in [5.41, 5.74) is 2.99. The highest BCUT2D eigenvalue weighted by molar-refractivity contribution is 5.53. The largest absolute Gasteiger partial charge is 0.392 e. The molecular formula is C17H18N4O. The molecule has 0 spiro atoms. The molecule has 0 radical (unpaired) electrons. The van der Waals surface area contributed by atoms with Crippen LogP contribution in [0.25, 0.3) is 0 Å². The maximum atomic E-state index is 9.09. The minimum absolute atomic E-state index is 0.0591. The molecule has 0 aliphatic heterocycles. The Labute approximate surface area is 129 Å². The van der Waals surface area contributed by atoms with E-state index in [0.29, 0.717) is 6.54 Å². The Balaban J connectivity index is 1.81. The molecule has 1 aromatic heterocycles. The van der Waals surface area contributed by atoms with E-state index in [0.717, 1.165) is 28.6 Å². The van der Waals surface area contributed by atoms with Gasteiger partial charge in [-0.15, -0.1) is 0 Å². The second kappa shape index (κ2) is 6.41. The van der Waals surface area contributed by atoms with Crippen molar-refractivity contribution in [2.45, 2.75) is 20.1 Å². The van der Waals surface area contributed by atoms with Crippen molar-refractivity contribution in [3.63, 3.8) is 0 Å². The minimum atomic E-state index is 0.0591. The first kappa shape index (κ1) is 14.3. The molecule has 3 aromatic rings. The lowest BCUT2D eigenvalue weighted by Gasteiger charge is -2.08. The molecule has 2 N–H and O–H groups in total. The molecule has 0 aliphatic rings. The fourth-order valence-electron chi connectivity index (χ4n) is 2.23. The summed E-state index contributed by atoms with van der Waals surface area (Å²) in [6.45, 7) is 2.56. The molecule has 1 heterocycles. The molecule has 0 aliphatic carbocycles. The molecule has 0 saturated heterocycles. The van der Waals surface area contributed by atoms with Crippen LogP contribution in [0.2, 0.25) is 0 Å². The molecule has 0 saturated carbocycles. The van der Waals surface area contributed by atoms with Crippen molar-refractivity contribution in [1.82, 2.24) is 14.8 Å². The van der Waals surface area contributed by atoms with Crippen LogP contribution in [-0.4, -0.2) is 19.9 Å². The minimum Gasteiger partial charge on any atom is -0.392 e. The van der Waals surface area contributed by atoms with Crippen LogP contribution in [0.5, 0.6) is 0 Å². The van der Waals surface area contributed by atoms with Crippen LogP contribution in [0.3, 0.4) is 0 Å². The van der Waals surface area contributed by atoms with Crippen molar-refractivity contribution in [2.75, 3.05) is 5.32 Å². The zero-order chi connectivity index (χ0) is 15.4. The number of para-hydroxylation sites is 1. The van der Waals surface area contributed by atoms with E-state index in [1.165, 1.54) is 0 Å². The van der Waals surface area contributed by atoms with Gasteiger partial charge in [0.25, 0.3) is 0 Å². The topological polar surface area (TPSA) is 63.0 Å². The van der Waals surface area contributed by atoms with E-state index in [1.807, 2.05) is 66.2 Å². The van der Waals surface area contributed by atoms with Crippen LogP contribution in [-0.2, 0) is 13.2 Å². The second-order valence-electron chi connectivity index (χ2n) is 5.11. The molecule has 5 heteroatoms. The number of anilines is 2. The predicted molar refractivity (Wildman–Crippen MR) is 86.0 cm³/mol. The molecule has 0 fully saturated rings. The van der Waals surface area contributed by atoms with E-state index in [1.54, 1.807) is 0 Å². The van der Waals surface area contributed by atoms with Crippen LogP contribution in [0, 0.1) is 6.92 Å². The summed E-state index contributed by atoms with van der Waals surface area (Å²) in [6.07, 6.45) is 0. The maximum Gasteiger partial charge on any atom is 0.226 e. The highest BCUT2D eigenvalue weighted by Crippen LogP contribution is 2.16. The highest BCUT2D eigenvalue weighted by atomic mass is 16.3. The van der Waals surface area contributed by atoms with Gasteiger partial charge in [-0.3, -0.25) is 0 Å². The third-order valence-corrected chi connectivity index (χ3v) is 3.35. The average Bonchev–Trinajstić information content (AvgIpc) is 2.88. The van der Waals surface area contributed by atoms with Crippen molar-refractivity contribution >= 4 is 11.6 Å². The third kappa shape index (κ3) is 3.32. The van der Waals surface area contributed by atoms with Gasteiger partial charge in [0.15, 0.2) is 0 Å².